The van der Waals surface area contributed by atoms with E-state index < -0.39 is 11.9 Å². The van der Waals surface area contributed by atoms with Crippen molar-refractivity contribution in [1.82, 2.24) is 10.2 Å². The lowest BCUT2D eigenvalue weighted by atomic mass is 10.0. The molecule has 4 nitrogen and oxygen atoms in total. The Bertz CT molecular complexity index is 374. The van der Waals surface area contributed by atoms with Gasteiger partial charge in [0.2, 0.25) is 0 Å². The number of carboxylic acid groups (broad SMARTS) is 1. The number of likely N-dealkylation sites (N-methyl/N-ethyl adjacent to an activating group) is 1. The molecule has 2 N–H and O–H groups in total. The van der Waals surface area contributed by atoms with Gasteiger partial charge in [-0.2, -0.15) is 0 Å². The summed E-state index contributed by atoms with van der Waals surface area (Å²) < 4.78 is 0. The summed E-state index contributed by atoms with van der Waals surface area (Å²) in [5, 5.41) is 12.3. The van der Waals surface area contributed by atoms with E-state index >= 15 is 0 Å². The van der Waals surface area contributed by atoms with Crippen molar-refractivity contribution in [2.45, 2.75) is 19.4 Å². The highest BCUT2D eigenvalue weighted by atomic mass is 16.4. The number of hydrogen-bond acceptors (Lipinski definition) is 3. The van der Waals surface area contributed by atoms with Gasteiger partial charge in [-0.05, 0) is 32.1 Å². The van der Waals surface area contributed by atoms with Crippen molar-refractivity contribution in [3.63, 3.8) is 0 Å². The highest BCUT2D eigenvalue weighted by Gasteiger charge is 2.12. The fourth-order valence-electron chi connectivity index (χ4n) is 1.60. The van der Waals surface area contributed by atoms with Crippen LogP contribution in [0.15, 0.2) is 24.3 Å². The van der Waals surface area contributed by atoms with Gasteiger partial charge in [0.15, 0.2) is 0 Å². The SMILES string of the molecule is CC(C(=O)O)c1ccc(CNCCN(C)C)cc1. The van der Waals surface area contributed by atoms with Gasteiger partial charge in [0, 0.05) is 19.6 Å². The van der Waals surface area contributed by atoms with Crippen molar-refractivity contribution < 1.29 is 9.90 Å². The summed E-state index contributed by atoms with van der Waals surface area (Å²) in [6.07, 6.45) is 0. The molecule has 1 unspecified atom stereocenters. The minimum Gasteiger partial charge on any atom is -0.481 e. The van der Waals surface area contributed by atoms with E-state index in [0.29, 0.717) is 0 Å². The fraction of sp³-hybridized carbons (Fsp3) is 0.500. The number of aliphatic carboxylic acids is 1. The summed E-state index contributed by atoms with van der Waals surface area (Å²) in [5.41, 5.74) is 2.02. The van der Waals surface area contributed by atoms with E-state index in [1.54, 1.807) is 6.92 Å². The fourth-order valence-corrected chi connectivity index (χ4v) is 1.60. The van der Waals surface area contributed by atoms with Crippen LogP contribution in [0.3, 0.4) is 0 Å². The lowest BCUT2D eigenvalue weighted by Crippen LogP contribution is -2.26. The van der Waals surface area contributed by atoms with E-state index in [0.717, 1.165) is 25.2 Å². The maximum atomic E-state index is 10.8. The topological polar surface area (TPSA) is 52.6 Å². The summed E-state index contributed by atoms with van der Waals surface area (Å²) in [6.45, 7) is 4.47. The molecule has 0 aliphatic heterocycles. The zero-order chi connectivity index (χ0) is 13.5. The Morgan fingerprint density at radius 3 is 2.44 bits per heavy atom. The molecule has 0 aromatic heterocycles. The molecule has 0 spiro atoms. The molecule has 0 saturated carbocycles. The summed E-state index contributed by atoms with van der Waals surface area (Å²) in [6, 6.07) is 7.75. The van der Waals surface area contributed by atoms with Gasteiger partial charge in [0.05, 0.1) is 5.92 Å². The number of nitrogens with zero attached hydrogens (tertiary/aromatic N) is 1. The third kappa shape index (κ3) is 4.85. The normalized spacial score (nSPS) is 12.7. The van der Waals surface area contributed by atoms with Gasteiger partial charge in [-0.15, -0.1) is 0 Å². The summed E-state index contributed by atoms with van der Waals surface area (Å²) in [7, 11) is 4.09. The van der Waals surface area contributed by atoms with Crippen LogP contribution in [0.25, 0.3) is 0 Å². The molecule has 0 saturated heterocycles. The largest absolute Gasteiger partial charge is 0.481 e. The van der Waals surface area contributed by atoms with Gasteiger partial charge in [-0.3, -0.25) is 4.79 Å². The van der Waals surface area contributed by atoms with Gasteiger partial charge >= 0.3 is 5.97 Å². The predicted octanol–water partition coefficient (Wildman–Crippen LogP) is 1.53. The molecule has 4 heteroatoms. The second-order valence-corrected chi connectivity index (χ2v) is 4.78. The first-order valence-electron chi connectivity index (χ1n) is 6.18. The molecule has 0 aliphatic rings. The first-order valence-corrected chi connectivity index (χ1v) is 6.18. The van der Waals surface area contributed by atoms with Crippen LogP contribution in [0.4, 0.5) is 0 Å². The Morgan fingerprint density at radius 2 is 1.94 bits per heavy atom. The molecule has 1 aromatic rings. The van der Waals surface area contributed by atoms with Crippen LogP contribution in [0.2, 0.25) is 0 Å². The Morgan fingerprint density at radius 1 is 1.33 bits per heavy atom. The monoisotopic (exact) mass is 250 g/mol. The standard InChI is InChI=1S/C14H22N2O2/c1-11(14(17)18)13-6-4-12(5-7-13)10-15-8-9-16(2)3/h4-7,11,15H,8-10H2,1-3H3,(H,17,18). The van der Waals surface area contributed by atoms with Crippen molar-refractivity contribution in [1.29, 1.82) is 0 Å². The minimum absolute atomic E-state index is 0.444. The third-order valence-corrected chi connectivity index (χ3v) is 2.92. The maximum Gasteiger partial charge on any atom is 0.310 e. The van der Waals surface area contributed by atoms with Gasteiger partial charge in [-0.1, -0.05) is 24.3 Å². The van der Waals surface area contributed by atoms with E-state index in [1.165, 1.54) is 5.56 Å². The Hall–Kier alpha value is -1.39. The quantitative estimate of drug-likeness (QED) is 0.721. The van der Waals surface area contributed by atoms with E-state index in [9.17, 15) is 4.79 Å². The first-order chi connectivity index (χ1) is 8.50. The lowest BCUT2D eigenvalue weighted by molar-refractivity contribution is -0.138. The zero-order valence-corrected chi connectivity index (χ0v) is 11.3. The van der Waals surface area contributed by atoms with E-state index in [-0.39, 0.29) is 0 Å². The van der Waals surface area contributed by atoms with Crippen LogP contribution in [-0.2, 0) is 11.3 Å². The lowest BCUT2D eigenvalue weighted by Gasteiger charge is -2.11. The summed E-state index contributed by atoms with van der Waals surface area (Å²) >= 11 is 0. The Labute approximate surface area is 109 Å². The minimum atomic E-state index is -0.785. The number of nitrogens with one attached hydrogen (secondary N) is 1. The average Bonchev–Trinajstić information content (AvgIpc) is 2.34. The van der Waals surface area contributed by atoms with Crippen LogP contribution in [-0.4, -0.2) is 43.2 Å². The number of benzene rings is 1. The second kappa shape index (κ2) is 7.13. The number of carboxylic acids is 1. The van der Waals surface area contributed by atoms with Crippen molar-refractivity contribution in [3.8, 4) is 0 Å². The zero-order valence-electron chi connectivity index (χ0n) is 11.3. The van der Waals surface area contributed by atoms with Crippen molar-refractivity contribution in [2.24, 2.45) is 0 Å². The molecule has 100 valence electrons. The second-order valence-electron chi connectivity index (χ2n) is 4.78. The smallest absolute Gasteiger partial charge is 0.310 e. The van der Waals surface area contributed by atoms with Gasteiger partial charge in [-0.25, -0.2) is 0 Å². The maximum absolute atomic E-state index is 10.8. The van der Waals surface area contributed by atoms with Crippen LogP contribution in [0.5, 0.6) is 0 Å². The molecule has 0 bridgehead atoms. The van der Waals surface area contributed by atoms with E-state index in [2.05, 4.69) is 10.2 Å². The molecule has 1 aromatic carbocycles. The van der Waals surface area contributed by atoms with Crippen LogP contribution < -0.4 is 5.32 Å². The molecular weight excluding hydrogens is 228 g/mol. The number of hydrogen-bond donors (Lipinski definition) is 2. The molecule has 0 radical (unpaired) electrons. The molecule has 0 heterocycles. The molecule has 1 atom stereocenters. The van der Waals surface area contributed by atoms with Crippen molar-refractivity contribution in [2.75, 3.05) is 27.2 Å². The number of carbonyl (C=O) groups is 1. The van der Waals surface area contributed by atoms with Crippen LogP contribution >= 0.6 is 0 Å². The molecule has 0 aliphatic carbocycles. The first kappa shape index (κ1) is 14.7. The van der Waals surface area contributed by atoms with Crippen LogP contribution in [0.1, 0.15) is 24.0 Å². The predicted molar refractivity (Wildman–Crippen MR) is 72.8 cm³/mol. The van der Waals surface area contributed by atoms with Crippen molar-refractivity contribution >= 4 is 5.97 Å². The molecule has 0 fully saturated rings. The third-order valence-electron chi connectivity index (χ3n) is 2.92. The Kier molecular flexibility index (Phi) is 5.82. The molecule has 0 amide bonds. The van der Waals surface area contributed by atoms with E-state index in [4.69, 9.17) is 5.11 Å². The highest BCUT2D eigenvalue weighted by molar-refractivity contribution is 5.75. The van der Waals surface area contributed by atoms with Crippen LogP contribution in [0, 0.1) is 0 Å². The Balaban J connectivity index is 2.43. The summed E-state index contributed by atoms with van der Waals surface area (Å²) in [5.74, 6) is -1.23. The highest BCUT2D eigenvalue weighted by Crippen LogP contribution is 2.15. The summed E-state index contributed by atoms with van der Waals surface area (Å²) in [4.78, 5) is 13.0. The van der Waals surface area contributed by atoms with Gasteiger partial charge in [0.1, 0.15) is 0 Å². The van der Waals surface area contributed by atoms with E-state index in [1.807, 2.05) is 38.4 Å². The number of rotatable bonds is 7. The van der Waals surface area contributed by atoms with Gasteiger partial charge < -0.3 is 15.3 Å². The molecule has 18 heavy (non-hydrogen) atoms. The molecular formula is C14H22N2O2. The molecule has 1 rings (SSSR count). The van der Waals surface area contributed by atoms with Crippen molar-refractivity contribution in [3.05, 3.63) is 35.4 Å². The average molecular weight is 250 g/mol. The van der Waals surface area contributed by atoms with Gasteiger partial charge in [0.25, 0.3) is 0 Å².